The van der Waals surface area contributed by atoms with Gasteiger partial charge in [-0.1, -0.05) is 0 Å². The molecule has 0 spiro atoms. The lowest BCUT2D eigenvalue weighted by molar-refractivity contribution is -0.171. The molecule has 0 aromatic rings. The van der Waals surface area contributed by atoms with Crippen molar-refractivity contribution in [1.29, 1.82) is 0 Å². The Bertz CT molecular complexity index is 292. The standard InChI is InChI=1S/C9H10F2O4/c10-7(11)9(13)14-5-2-1-4-3-6(5)15-8(4)12/h4-7H,1-3H2. The average molecular weight is 220 g/mol. The Kier molecular flexibility index (Phi) is 2.58. The largest absolute Gasteiger partial charge is 0.458 e. The third-order valence-corrected chi connectivity index (χ3v) is 2.78. The molecule has 1 heterocycles. The first-order valence-corrected chi connectivity index (χ1v) is 4.77. The first-order valence-electron chi connectivity index (χ1n) is 4.77. The second-order valence-electron chi connectivity index (χ2n) is 3.76. The number of carbonyl (C=O) groups excluding carboxylic acids is 2. The van der Waals surface area contributed by atoms with Crippen LogP contribution in [-0.2, 0) is 19.1 Å². The number of fused-ring (bicyclic) bond motifs is 2. The lowest BCUT2D eigenvalue weighted by Gasteiger charge is -2.25. The molecule has 2 fully saturated rings. The molecular formula is C9H10F2O4. The fourth-order valence-electron chi connectivity index (χ4n) is 2.02. The van der Waals surface area contributed by atoms with Gasteiger partial charge in [-0.3, -0.25) is 4.79 Å². The van der Waals surface area contributed by atoms with E-state index in [1.165, 1.54) is 0 Å². The maximum atomic E-state index is 11.9. The number of ether oxygens (including phenoxy) is 2. The molecule has 3 atom stereocenters. The Morgan fingerprint density at radius 3 is 2.87 bits per heavy atom. The first-order chi connectivity index (χ1) is 7.08. The normalized spacial score (nSPS) is 34.1. The summed E-state index contributed by atoms with van der Waals surface area (Å²) in [4.78, 5) is 21.8. The van der Waals surface area contributed by atoms with Crippen molar-refractivity contribution in [1.82, 2.24) is 0 Å². The van der Waals surface area contributed by atoms with Crippen molar-refractivity contribution < 1.29 is 27.8 Å². The average Bonchev–Trinajstić information content (AvgIpc) is 2.48. The minimum atomic E-state index is -3.13. The molecule has 15 heavy (non-hydrogen) atoms. The van der Waals surface area contributed by atoms with Gasteiger partial charge in [-0.05, 0) is 12.8 Å². The summed E-state index contributed by atoms with van der Waals surface area (Å²) in [6.07, 6.45) is -2.93. The van der Waals surface area contributed by atoms with Crippen LogP contribution in [-0.4, -0.2) is 30.6 Å². The Morgan fingerprint density at radius 2 is 2.20 bits per heavy atom. The molecular weight excluding hydrogens is 210 g/mol. The van der Waals surface area contributed by atoms with Crippen LogP contribution in [0.1, 0.15) is 19.3 Å². The molecule has 0 aromatic carbocycles. The highest BCUT2D eigenvalue weighted by atomic mass is 19.3. The van der Waals surface area contributed by atoms with Crippen molar-refractivity contribution in [2.45, 2.75) is 37.9 Å². The molecule has 1 saturated heterocycles. The molecule has 0 aromatic heterocycles. The molecule has 2 rings (SSSR count). The summed E-state index contributed by atoms with van der Waals surface area (Å²) in [7, 11) is 0. The highest BCUT2D eigenvalue weighted by Gasteiger charge is 2.45. The van der Waals surface area contributed by atoms with Crippen LogP contribution >= 0.6 is 0 Å². The number of carbonyl (C=O) groups is 2. The van der Waals surface area contributed by atoms with Gasteiger partial charge in [0.05, 0.1) is 5.92 Å². The van der Waals surface area contributed by atoms with Gasteiger partial charge in [0.15, 0.2) is 0 Å². The van der Waals surface area contributed by atoms with Gasteiger partial charge in [-0.2, -0.15) is 8.78 Å². The number of alkyl halides is 2. The SMILES string of the molecule is O=C(OC1CCC2CC1OC2=O)C(F)F. The molecule has 2 bridgehead atoms. The molecule has 1 saturated carbocycles. The van der Waals surface area contributed by atoms with E-state index in [0.29, 0.717) is 19.3 Å². The minimum Gasteiger partial charge on any atom is -0.458 e. The van der Waals surface area contributed by atoms with Crippen LogP contribution in [0.15, 0.2) is 0 Å². The van der Waals surface area contributed by atoms with Crippen molar-refractivity contribution in [3.8, 4) is 0 Å². The number of hydrogen-bond donors (Lipinski definition) is 0. The topological polar surface area (TPSA) is 52.6 Å². The molecule has 1 aliphatic carbocycles. The van der Waals surface area contributed by atoms with E-state index in [-0.39, 0.29) is 11.9 Å². The molecule has 84 valence electrons. The number of halogens is 2. The van der Waals surface area contributed by atoms with Crippen molar-refractivity contribution in [2.24, 2.45) is 5.92 Å². The summed E-state index contributed by atoms with van der Waals surface area (Å²) in [6, 6.07) is 0. The van der Waals surface area contributed by atoms with E-state index in [0.717, 1.165) is 0 Å². The summed E-state index contributed by atoms with van der Waals surface area (Å²) < 4.78 is 33.3. The van der Waals surface area contributed by atoms with Gasteiger partial charge in [0.1, 0.15) is 12.2 Å². The van der Waals surface area contributed by atoms with Crippen LogP contribution in [0, 0.1) is 5.92 Å². The second kappa shape index (κ2) is 3.75. The van der Waals surface area contributed by atoms with Crippen LogP contribution in [0.5, 0.6) is 0 Å². The molecule has 0 amide bonds. The maximum absolute atomic E-state index is 11.9. The third kappa shape index (κ3) is 1.93. The summed E-state index contributed by atoms with van der Waals surface area (Å²) >= 11 is 0. The van der Waals surface area contributed by atoms with Gasteiger partial charge >= 0.3 is 18.4 Å². The predicted molar refractivity (Wildman–Crippen MR) is 43.1 cm³/mol. The van der Waals surface area contributed by atoms with Crippen LogP contribution in [0.25, 0.3) is 0 Å². The lowest BCUT2D eigenvalue weighted by Crippen LogP contribution is -2.35. The van der Waals surface area contributed by atoms with Crippen molar-refractivity contribution in [3.05, 3.63) is 0 Å². The maximum Gasteiger partial charge on any atom is 0.374 e. The lowest BCUT2D eigenvalue weighted by atomic mass is 9.88. The van der Waals surface area contributed by atoms with Crippen LogP contribution < -0.4 is 0 Å². The van der Waals surface area contributed by atoms with Gasteiger partial charge in [-0.15, -0.1) is 0 Å². The van der Waals surface area contributed by atoms with Crippen LogP contribution in [0.4, 0.5) is 8.78 Å². The number of esters is 2. The quantitative estimate of drug-likeness (QED) is 0.648. The molecule has 0 N–H and O–H groups in total. The zero-order valence-electron chi connectivity index (χ0n) is 7.82. The summed E-state index contributed by atoms with van der Waals surface area (Å²) in [5.41, 5.74) is 0. The van der Waals surface area contributed by atoms with Crippen molar-refractivity contribution in [2.75, 3.05) is 0 Å². The van der Waals surface area contributed by atoms with E-state index >= 15 is 0 Å². The first kappa shape index (κ1) is 10.3. The van der Waals surface area contributed by atoms with Gasteiger partial charge in [0, 0.05) is 6.42 Å². The van der Waals surface area contributed by atoms with Crippen molar-refractivity contribution >= 4 is 11.9 Å². The van der Waals surface area contributed by atoms with E-state index in [4.69, 9.17) is 4.74 Å². The highest BCUT2D eigenvalue weighted by molar-refractivity contribution is 5.76. The van der Waals surface area contributed by atoms with Gasteiger partial charge in [0.25, 0.3) is 0 Å². The van der Waals surface area contributed by atoms with E-state index in [1.54, 1.807) is 0 Å². The number of rotatable bonds is 2. The Hall–Kier alpha value is -1.20. The Labute approximate surface area is 84.5 Å². The summed E-state index contributed by atoms with van der Waals surface area (Å²) in [5, 5.41) is 0. The molecule has 1 aliphatic heterocycles. The predicted octanol–water partition coefficient (Wildman–Crippen LogP) is 0.889. The summed E-state index contributed by atoms with van der Waals surface area (Å²) in [5.74, 6) is -1.99. The van der Waals surface area contributed by atoms with E-state index < -0.39 is 24.6 Å². The second-order valence-corrected chi connectivity index (χ2v) is 3.76. The number of hydrogen-bond acceptors (Lipinski definition) is 4. The van der Waals surface area contributed by atoms with Crippen molar-refractivity contribution in [3.63, 3.8) is 0 Å². The molecule has 6 heteroatoms. The van der Waals surface area contributed by atoms with E-state index in [2.05, 4.69) is 4.74 Å². The molecule has 3 unspecified atom stereocenters. The zero-order valence-corrected chi connectivity index (χ0v) is 7.82. The summed E-state index contributed by atoms with van der Waals surface area (Å²) in [6.45, 7) is 0. The molecule has 2 aliphatic rings. The molecule has 4 nitrogen and oxygen atoms in total. The molecule has 0 radical (unpaired) electrons. The fourth-order valence-corrected chi connectivity index (χ4v) is 2.02. The fraction of sp³-hybridized carbons (Fsp3) is 0.778. The van der Waals surface area contributed by atoms with Gasteiger partial charge in [0.2, 0.25) is 0 Å². The zero-order chi connectivity index (χ0) is 11.0. The third-order valence-electron chi connectivity index (χ3n) is 2.78. The monoisotopic (exact) mass is 220 g/mol. The van der Waals surface area contributed by atoms with Gasteiger partial charge in [-0.25, -0.2) is 4.79 Å². The Morgan fingerprint density at radius 1 is 1.47 bits per heavy atom. The van der Waals surface area contributed by atoms with Gasteiger partial charge < -0.3 is 9.47 Å². The minimum absolute atomic E-state index is 0.142. The van der Waals surface area contributed by atoms with Crippen LogP contribution in [0.2, 0.25) is 0 Å². The van der Waals surface area contributed by atoms with E-state index in [1.807, 2.05) is 0 Å². The Balaban J connectivity index is 1.95. The highest BCUT2D eigenvalue weighted by Crippen LogP contribution is 2.35. The van der Waals surface area contributed by atoms with E-state index in [9.17, 15) is 18.4 Å². The van der Waals surface area contributed by atoms with Crippen LogP contribution in [0.3, 0.4) is 0 Å². The smallest absolute Gasteiger partial charge is 0.374 e.